The molecule has 0 aliphatic heterocycles. The molecular weight excluding hydrogens is 362 g/mol. The molecule has 0 amide bonds. The third kappa shape index (κ3) is 2.75. The third-order valence-electron chi connectivity index (χ3n) is 5.27. The summed E-state index contributed by atoms with van der Waals surface area (Å²) >= 11 is 0. The van der Waals surface area contributed by atoms with E-state index in [1.165, 1.54) is 0 Å². The van der Waals surface area contributed by atoms with Crippen LogP contribution in [0.4, 0.5) is 5.69 Å². The lowest BCUT2D eigenvalue weighted by molar-refractivity contribution is -0.382. The number of nitro benzene ring substituents is 1. The quantitative estimate of drug-likeness (QED) is 0.283. The fourth-order valence-electron chi connectivity index (χ4n) is 3.92. The number of benzene rings is 3. The van der Waals surface area contributed by atoms with Gasteiger partial charge in [-0.3, -0.25) is 15.1 Å². The molecule has 140 valence electrons. The lowest BCUT2D eigenvalue weighted by Crippen LogP contribution is -1.96. The summed E-state index contributed by atoms with van der Waals surface area (Å²) in [7, 11) is 0. The number of fused-ring (bicyclic) bond motifs is 2. The van der Waals surface area contributed by atoms with Gasteiger partial charge in [-0.1, -0.05) is 42.0 Å². The van der Waals surface area contributed by atoms with Crippen LogP contribution in [0.3, 0.4) is 0 Å². The molecule has 0 saturated carbocycles. The molecule has 5 heteroatoms. The zero-order valence-electron chi connectivity index (χ0n) is 15.7. The Balaban J connectivity index is 1.81. The van der Waals surface area contributed by atoms with Gasteiger partial charge in [0.2, 0.25) is 0 Å². The first-order valence-corrected chi connectivity index (χ1v) is 9.32. The average Bonchev–Trinajstić information content (AvgIpc) is 3.17. The molecule has 0 spiro atoms. The van der Waals surface area contributed by atoms with Crippen molar-refractivity contribution in [1.29, 1.82) is 0 Å². The van der Waals surface area contributed by atoms with Crippen molar-refractivity contribution in [3.63, 3.8) is 0 Å². The SMILES string of the molecule is Cc1ccc2ccc(-c3cncc4c3ccn4-c3ccccc3)c([N+](=O)[O-])c2c1. The normalized spacial score (nSPS) is 11.2. The highest BCUT2D eigenvalue weighted by Crippen LogP contribution is 2.40. The van der Waals surface area contributed by atoms with Gasteiger partial charge in [0.1, 0.15) is 0 Å². The Hall–Kier alpha value is -3.99. The number of rotatable bonds is 3. The second-order valence-corrected chi connectivity index (χ2v) is 7.08. The van der Waals surface area contributed by atoms with Gasteiger partial charge in [-0.25, -0.2) is 0 Å². The number of nitro groups is 1. The van der Waals surface area contributed by atoms with E-state index in [9.17, 15) is 10.1 Å². The lowest BCUT2D eigenvalue weighted by Gasteiger charge is -2.09. The van der Waals surface area contributed by atoms with E-state index in [4.69, 9.17) is 0 Å². The molecule has 0 saturated heterocycles. The van der Waals surface area contributed by atoms with Crippen LogP contribution in [0.2, 0.25) is 0 Å². The third-order valence-corrected chi connectivity index (χ3v) is 5.27. The number of pyridine rings is 1. The Labute approximate surface area is 167 Å². The predicted octanol–water partition coefficient (Wildman–Crippen LogP) is 6.06. The lowest BCUT2D eigenvalue weighted by atomic mass is 9.96. The van der Waals surface area contributed by atoms with Gasteiger partial charge in [-0.05, 0) is 42.6 Å². The highest BCUT2D eigenvalue weighted by molar-refractivity contribution is 6.04. The number of hydrogen-bond acceptors (Lipinski definition) is 3. The van der Waals surface area contributed by atoms with Crippen LogP contribution in [0.5, 0.6) is 0 Å². The Morgan fingerprint density at radius 2 is 1.69 bits per heavy atom. The summed E-state index contributed by atoms with van der Waals surface area (Å²) in [4.78, 5) is 16.2. The molecule has 2 aromatic heterocycles. The summed E-state index contributed by atoms with van der Waals surface area (Å²) in [6, 6.07) is 21.5. The maximum Gasteiger partial charge on any atom is 0.285 e. The molecule has 3 aromatic carbocycles. The van der Waals surface area contributed by atoms with E-state index < -0.39 is 0 Å². The summed E-state index contributed by atoms with van der Waals surface area (Å²) < 4.78 is 2.04. The van der Waals surface area contributed by atoms with E-state index in [0.717, 1.165) is 33.1 Å². The van der Waals surface area contributed by atoms with Gasteiger partial charge in [0.05, 0.1) is 27.6 Å². The van der Waals surface area contributed by atoms with E-state index in [1.54, 1.807) is 12.4 Å². The molecule has 0 aliphatic carbocycles. The first kappa shape index (κ1) is 17.1. The first-order chi connectivity index (χ1) is 14.1. The zero-order chi connectivity index (χ0) is 20.0. The summed E-state index contributed by atoms with van der Waals surface area (Å²) in [5, 5.41) is 14.5. The molecule has 0 fully saturated rings. The minimum Gasteiger partial charge on any atom is -0.315 e. The standard InChI is InChI=1S/C24H17N3O2/c1-16-7-8-17-9-10-20(24(27(28)29)21(17)13-16)22-14-25-15-23-19(22)11-12-26(23)18-5-3-2-4-6-18/h2-15H,1H3. The van der Waals surface area contributed by atoms with Crippen molar-refractivity contribution >= 4 is 27.4 Å². The molecule has 0 bridgehead atoms. The van der Waals surface area contributed by atoms with Crippen LogP contribution >= 0.6 is 0 Å². The molecular formula is C24H17N3O2. The molecule has 5 aromatic rings. The first-order valence-electron chi connectivity index (χ1n) is 9.32. The summed E-state index contributed by atoms with van der Waals surface area (Å²) in [5.74, 6) is 0. The number of nitrogens with zero attached hydrogens (tertiary/aromatic N) is 3. The van der Waals surface area contributed by atoms with Crippen LogP contribution in [0.1, 0.15) is 5.56 Å². The van der Waals surface area contributed by atoms with Gasteiger partial charge in [0.15, 0.2) is 0 Å². The van der Waals surface area contributed by atoms with E-state index in [1.807, 2.05) is 84.4 Å². The van der Waals surface area contributed by atoms with Crippen molar-refractivity contribution in [2.75, 3.05) is 0 Å². The van der Waals surface area contributed by atoms with Gasteiger partial charge in [0.25, 0.3) is 5.69 Å². The average molecular weight is 379 g/mol. The van der Waals surface area contributed by atoms with Crippen molar-refractivity contribution in [3.05, 3.63) is 101 Å². The van der Waals surface area contributed by atoms with Crippen molar-refractivity contribution in [3.8, 4) is 16.8 Å². The number of para-hydroxylation sites is 1. The van der Waals surface area contributed by atoms with Crippen LogP contribution in [0.25, 0.3) is 38.5 Å². The van der Waals surface area contributed by atoms with E-state index in [2.05, 4.69) is 4.98 Å². The molecule has 2 heterocycles. The minimum atomic E-state index is -0.288. The second kappa shape index (κ2) is 6.56. The number of aromatic nitrogens is 2. The second-order valence-electron chi connectivity index (χ2n) is 7.08. The Bertz CT molecular complexity index is 1390. The Morgan fingerprint density at radius 3 is 2.48 bits per heavy atom. The van der Waals surface area contributed by atoms with Crippen LogP contribution < -0.4 is 0 Å². The minimum absolute atomic E-state index is 0.118. The number of hydrogen-bond donors (Lipinski definition) is 0. The fraction of sp³-hybridized carbons (Fsp3) is 0.0417. The molecule has 5 rings (SSSR count). The highest BCUT2D eigenvalue weighted by atomic mass is 16.6. The fourth-order valence-corrected chi connectivity index (χ4v) is 3.92. The van der Waals surface area contributed by atoms with Crippen LogP contribution in [0, 0.1) is 17.0 Å². The summed E-state index contributed by atoms with van der Waals surface area (Å²) in [5.41, 5.74) is 4.37. The van der Waals surface area contributed by atoms with Crippen LogP contribution in [0.15, 0.2) is 85.3 Å². The highest BCUT2D eigenvalue weighted by Gasteiger charge is 2.22. The maximum atomic E-state index is 12.1. The Morgan fingerprint density at radius 1 is 0.897 bits per heavy atom. The Kier molecular flexibility index (Phi) is 3.88. The van der Waals surface area contributed by atoms with Crippen LogP contribution in [-0.4, -0.2) is 14.5 Å². The largest absolute Gasteiger partial charge is 0.315 e. The van der Waals surface area contributed by atoms with Crippen molar-refractivity contribution in [1.82, 2.24) is 9.55 Å². The van der Waals surface area contributed by atoms with Crippen LogP contribution in [-0.2, 0) is 0 Å². The zero-order valence-corrected chi connectivity index (χ0v) is 15.7. The van der Waals surface area contributed by atoms with Crippen molar-refractivity contribution in [2.24, 2.45) is 0 Å². The molecule has 0 N–H and O–H groups in total. The van der Waals surface area contributed by atoms with Gasteiger partial charge < -0.3 is 4.57 Å². The van der Waals surface area contributed by atoms with Crippen molar-refractivity contribution < 1.29 is 4.92 Å². The van der Waals surface area contributed by atoms with Gasteiger partial charge in [-0.2, -0.15) is 0 Å². The summed E-state index contributed by atoms with van der Waals surface area (Å²) in [6.07, 6.45) is 5.48. The van der Waals surface area contributed by atoms with Gasteiger partial charge >= 0.3 is 0 Å². The van der Waals surface area contributed by atoms with E-state index in [0.29, 0.717) is 10.9 Å². The van der Waals surface area contributed by atoms with Gasteiger partial charge in [0, 0.05) is 29.0 Å². The van der Waals surface area contributed by atoms with Crippen molar-refractivity contribution in [2.45, 2.75) is 6.92 Å². The topological polar surface area (TPSA) is 61.0 Å². The van der Waals surface area contributed by atoms with E-state index in [-0.39, 0.29) is 10.6 Å². The molecule has 0 atom stereocenters. The van der Waals surface area contributed by atoms with Gasteiger partial charge in [-0.15, -0.1) is 0 Å². The number of aryl methyl sites for hydroxylation is 1. The predicted molar refractivity (Wildman–Crippen MR) is 115 cm³/mol. The monoisotopic (exact) mass is 379 g/mol. The smallest absolute Gasteiger partial charge is 0.285 e. The molecule has 0 unspecified atom stereocenters. The molecule has 0 aliphatic rings. The maximum absolute atomic E-state index is 12.1. The molecule has 29 heavy (non-hydrogen) atoms. The molecule has 0 radical (unpaired) electrons. The summed E-state index contributed by atoms with van der Waals surface area (Å²) in [6.45, 7) is 1.94. The molecule has 5 nitrogen and oxygen atoms in total. The van der Waals surface area contributed by atoms with E-state index >= 15 is 0 Å².